The Balaban J connectivity index is 0.000000136. The second kappa shape index (κ2) is 35.5. The minimum Gasteiger partial charge on any atom is -0.307 e. The topological polar surface area (TPSA) is 211 Å². The zero-order valence-electron chi connectivity index (χ0n) is 65.1. The van der Waals surface area contributed by atoms with Crippen LogP contribution in [0.25, 0.3) is 67.8 Å². The van der Waals surface area contributed by atoms with Gasteiger partial charge in [-0.2, -0.15) is 20.4 Å². The maximum absolute atomic E-state index is 12.7. The van der Waals surface area contributed by atoms with Crippen molar-refractivity contribution in [2.24, 2.45) is 20.0 Å². The molecule has 4 aliphatic rings. The number of nitrogens with zero attached hydrogens (tertiary/aromatic N) is 15. The summed E-state index contributed by atoms with van der Waals surface area (Å²) in [6.07, 6.45) is 2.06. The van der Waals surface area contributed by atoms with Crippen LogP contribution in [-0.2, 0) is 38.4 Å². The van der Waals surface area contributed by atoms with Gasteiger partial charge in [-0.05, 0) is 175 Å². The lowest BCUT2D eigenvalue weighted by molar-refractivity contribution is -0.129. The maximum Gasteiger partial charge on any atom is 0.255 e. The van der Waals surface area contributed by atoms with Crippen LogP contribution in [0.1, 0.15) is 93.5 Å². The number of aromatic nitrogens is 8. The molecule has 0 bridgehead atoms. The van der Waals surface area contributed by atoms with Crippen molar-refractivity contribution in [3.63, 3.8) is 0 Å². The summed E-state index contributed by atoms with van der Waals surface area (Å²) < 4.78 is 7.11. The summed E-state index contributed by atoms with van der Waals surface area (Å²) in [7, 11) is 5.15. The van der Waals surface area contributed by atoms with Crippen molar-refractivity contribution in [1.82, 2.24) is 59.1 Å². The van der Waals surface area contributed by atoms with Crippen LogP contribution in [0.15, 0.2) is 190 Å². The summed E-state index contributed by atoms with van der Waals surface area (Å²) >= 11 is 74.8. The van der Waals surface area contributed by atoms with Gasteiger partial charge in [-0.1, -0.05) is 209 Å². The molecule has 8 heterocycles. The van der Waals surface area contributed by atoms with E-state index in [2.05, 4.69) is 27.2 Å². The average molecular weight is 1820 g/mol. The van der Waals surface area contributed by atoms with Crippen LogP contribution in [-0.4, -0.2) is 146 Å². The number of nitrogens with one attached hydrogen (secondary N) is 1. The second-order valence-corrected chi connectivity index (χ2v) is 33.6. The van der Waals surface area contributed by atoms with Crippen LogP contribution < -0.4 is 5.32 Å². The third-order valence-corrected chi connectivity index (χ3v) is 22.9. The number of benzene rings is 8. The summed E-state index contributed by atoms with van der Waals surface area (Å²) in [5.74, 6) is 1.75. The van der Waals surface area contributed by atoms with Crippen molar-refractivity contribution in [3.05, 3.63) is 275 Å². The fraction of sp³-hybridized carbons (Fsp3) is 0.209. The molecule has 0 atom stereocenters. The van der Waals surface area contributed by atoms with Crippen LogP contribution in [0, 0.1) is 6.92 Å². The van der Waals surface area contributed by atoms with Gasteiger partial charge in [0.1, 0.15) is 46.9 Å². The maximum atomic E-state index is 12.7. The van der Waals surface area contributed by atoms with Crippen molar-refractivity contribution in [1.29, 1.82) is 0 Å². The number of aliphatic imine (C=N–C) groups is 4. The summed E-state index contributed by atoms with van der Waals surface area (Å²) in [6, 6.07) is 51.1. The number of carbonyl (C=O) groups is 4. The summed E-state index contributed by atoms with van der Waals surface area (Å²) in [5.41, 5.74) is 14.5. The van der Waals surface area contributed by atoms with Crippen molar-refractivity contribution in [2.75, 3.05) is 34.2 Å². The van der Waals surface area contributed by atoms with Gasteiger partial charge < -0.3 is 5.32 Å². The van der Waals surface area contributed by atoms with Crippen molar-refractivity contribution in [3.8, 4) is 67.8 Å². The lowest BCUT2D eigenvalue weighted by Crippen LogP contribution is -2.36. The van der Waals surface area contributed by atoms with E-state index in [-0.39, 0.29) is 36.7 Å². The zero-order chi connectivity index (χ0) is 84.8. The van der Waals surface area contributed by atoms with Gasteiger partial charge in [0.05, 0.1) is 65.6 Å². The molecule has 0 unspecified atom stereocenters. The summed E-state index contributed by atoms with van der Waals surface area (Å²) in [6.45, 7) is 15.5. The SMILES string of the molecule is CCc1c(C2=NC(C)(C)C(=O)N2C)nn(-c2ccc(Cl)cc2Cl)c1-c1ccc(Cl)cc1.CCc1c(C2=NCC(=O)N2)nn(-c2ccc(Cl)cc2Cl)c1-c1ccc(Cl)cc1.CCc1c(C2=NCC(=O)N2C)nn(-c2ccc(Cl)cc2Cl)c1-c1ccc(Cl)cc1.Cc1c(C2=NC(C)(C)C(=O)N2C)nn(-c2ccc(Cl)cc2Cl)c1-c1ccc(Cl)cc1. The Bertz CT molecular complexity index is 6120. The Morgan fingerprint density at radius 3 is 0.924 bits per heavy atom. The minimum absolute atomic E-state index is 0.0610. The molecular weight excluding hydrogens is 1750 g/mol. The first kappa shape index (κ1) is 86.5. The molecule has 0 radical (unpaired) electrons. The van der Waals surface area contributed by atoms with E-state index in [0.717, 1.165) is 67.3 Å². The molecule has 0 aliphatic carbocycles. The molecule has 0 saturated carbocycles. The smallest absolute Gasteiger partial charge is 0.255 e. The highest BCUT2D eigenvalue weighted by atomic mass is 35.5. The molecule has 118 heavy (non-hydrogen) atoms. The third-order valence-electron chi connectivity index (χ3n) is 19.8. The average Bonchev–Trinajstić information content (AvgIpc) is 1.61. The largest absolute Gasteiger partial charge is 0.307 e. The molecule has 12 aromatic rings. The molecule has 4 amide bonds. The minimum atomic E-state index is -0.836. The monoisotopic (exact) mass is 1810 g/mol. The molecule has 20 nitrogen and oxygen atoms in total. The molecule has 16 rings (SSSR count). The third kappa shape index (κ3) is 17.5. The Hall–Kier alpha value is -9.36. The van der Waals surface area contributed by atoms with Gasteiger partial charge in [0.2, 0.25) is 11.8 Å². The predicted molar refractivity (Wildman–Crippen MR) is 479 cm³/mol. The fourth-order valence-electron chi connectivity index (χ4n) is 14.0. The summed E-state index contributed by atoms with van der Waals surface area (Å²) in [4.78, 5) is 71.7. The quantitative estimate of drug-likeness (QED) is 0.104. The standard InChI is InChI=1S/C23H21Cl3N4O.C22H19Cl3N4O.C21H17Cl3N4O.C20H15Cl3N4O/c1-5-16-19(21-27-23(2,3)22(31)29(21)4)28-30(18-11-10-15(25)12-17(18)26)20(16)13-6-8-14(24)9-7-13;1-12-18(20-26-22(2,3)21(30)28(20)4)27-29(17-10-9-15(24)11-16(17)25)19(12)13-5-7-14(23)8-6-13;1-3-15-19(21-25-11-18(29)27(21)2)26-28(17-9-8-14(23)10-16(17)24)20(15)12-4-6-13(22)7-5-12;1-2-14-18(20-24-10-17(28)25-20)26-27(16-8-7-13(22)9-15(16)23)19(14)11-3-5-12(21)6-4-11/h6-12H,5H2,1-4H3;5-11H,1-4H3;4-10H,3,11H2,1-2H3;3-9H,2,10H2,1H3,(H,24,25,28). The Morgan fingerprint density at radius 2 is 0.636 bits per heavy atom. The normalized spacial score (nSPS) is 14.7. The van der Waals surface area contributed by atoms with Gasteiger partial charge in [-0.25, -0.2) is 28.7 Å². The number of carbonyl (C=O) groups excluding carboxylic acids is 4. The van der Waals surface area contributed by atoms with Crippen LogP contribution in [0.5, 0.6) is 0 Å². The van der Waals surface area contributed by atoms with Crippen molar-refractivity contribution in [2.45, 2.75) is 85.7 Å². The molecular formula is C86H72Cl12N16O4. The van der Waals surface area contributed by atoms with Gasteiger partial charge >= 0.3 is 0 Å². The predicted octanol–water partition coefficient (Wildman–Crippen LogP) is 22.1. The van der Waals surface area contributed by atoms with E-state index in [1.807, 2.05) is 142 Å². The van der Waals surface area contributed by atoms with Gasteiger partial charge in [0.15, 0.2) is 23.3 Å². The summed E-state index contributed by atoms with van der Waals surface area (Å²) in [5, 5.41) is 28.7. The first-order chi connectivity index (χ1) is 56.1. The van der Waals surface area contributed by atoms with Crippen LogP contribution in [0.3, 0.4) is 0 Å². The van der Waals surface area contributed by atoms with E-state index >= 15 is 0 Å². The van der Waals surface area contributed by atoms with Crippen LogP contribution in [0.4, 0.5) is 0 Å². The number of amides is 4. The highest BCUT2D eigenvalue weighted by molar-refractivity contribution is 6.38. The molecule has 4 aliphatic heterocycles. The molecule has 32 heteroatoms. The number of likely N-dealkylation sites (N-methyl/N-ethyl adjacent to an activating group) is 3. The van der Waals surface area contributed by atoms with Gasteiger partial charge in [-0.3, -0.25) is 43.9 Å². The van der Waals surface area contributed by atoms with E-state index in [0.29, 0.717) is 148 Å². The van der Waals surface area contributed by atoms with Crippen LogP contribution in [0.2, 0.25) is 60.3 Å². The molecule has 0 fully saturated rings. The van der Waals surface area contributed by atoms with E-state index in [9.17, 15) is 19.2 Å². The number of rotatable bonds is 15. The molecule has 604 valence electrons. The van der Waals surface area contributed by atoms with E-state index in [4.69, 9.17) is 165 Å². The molecule has 1 N–H and O–H groups in total. The Morgan fingerprint density at radius 1 is 0.347 bits per heavy atom. The van der Waals surface area contributed by atoms with Gasteiger partial charge in [0, 0.05) is 106 Å². The lowest BCUT2D eigenvalue weighted by atomic mass is 10.0. The lowest BCUT2D eigenvalue weighted by Gasteiger charge is -2.14. The van der Waals surface area contributed by atoms with Crippen molar-refractivity contribution < 1.29 is 19.2 Å². The highest BCUT2D eigenvalue weighted by Gasteiger charge is 2.43. The van der Waals surface area contributed by atoms with E-state index in [1.54, 1.807) is 131 Å². The van der Waals surface area contributed by atoms with Gasteiger partial charge in [-0.15, -0.1) is 0 Å². The number of hydrogen-bond donors (Lipinski definition) is 1. The first-order valence-electron chi connectivity index (χ1n) is 36.9. The Labute approximate surface area is 741 Å². The Kier molecular flexibility index (Phi) is 26.0. The second-order valence-electron chi connectivity index (χ2n) is 28.5. The van der Waals surface area contributed by atoms with E-state index in [1.165, 1.54) is 0 Å². The number of halogens is 12. The highest BCUT2D eigenvalue weighted by Crippen LogP contribution is 2.42. The van der Waals surface area contributed by atoms with Crippen LogP contribution >= 0.6 is 139 Å². The molecule has 8 aromatic carbocycles. The number of hydrogen-bond acceptors (Lipinski definition) is 12. The first-order valence-corrected chi connectivity index (χ1v) is 41.4. The number of amidine groups is 4. The van der Waals surface area contributed by atoms with E-state index < -0.39 is 11.1 Å². The fourth-order valence-corrected chi connectivity index (χ4v) is 16.5. The molecule has 0 saturated heterocycles. The zero-order valence-corrected chi connectivity index (χ0v) is 74.1. The van der Waals surface area contributed by atoms with Gasteiger partial charge in [0.25, 0.3) is 11.8 Å². The van der Waals surface area contributed by atoms with Crippen molar-refractivity contribution >= 4 is 186 Å². The molecule has 0 spiro atoms. The molecule has 4 aromatic heterocycles.